The van der Waals surface area contributed by atoms with Crippen molar-refractivity contribution in [1.29, 1.82) is 0 Å². The molecule has 6 nitrogen and oxygen atoms in total. The van der Waals surface area contributed by atoms with Crippen LogP contribution in [-0.4, -0.2) is 60.6 Å². The summed E-state index contributed by atoms with van der Waals surface area (Å²) in [6.45, 7) is 7.16. The zero-order chi connectivity index (χ0) is 16.8. The average Bonchev–Trinajstić information content (AvgIpc) is 3.13. The zero-order valence-corrected chi connectivity index (χ0v) is 15.0. The summed E-state index contributed by atoms with van der Waals surface area (Å²) in [5, 5.41) is 3.65. The molecule has 1 saturated heterocycles. The molecule has 1 aromatic heterocycles. The highest BCUT2D eigenvalue weighted by molar-refractivity contribution is 5.80. The molecule has 1 aliphatic carbocycles. The topological polar surface area (TPSA) is 56.7 Å². The van der Waals surface area contributed by atoms with E-state index in [9.17, 15) is 0 Å². The normalized spacial score (nSPS) is 21.2. The molecular formula is C18H30N6. The molecule has 0 bridgehead atoms. The number of piperazine rings is 1. The summed E-state index contributed by atoms with van der Waals surface area (Å²) in [6, 6.07) is 1.86. The molecule has 1 aliphatic heterocycles. The fraction of sp³-hybridized carbons (Fsp3) is 0.722. The van der Waals surface area contributed by atoms with Gasteiger partial charge in [0.05, 0.1) is 0 Å². The first-order valence-corrected chi connectivity index (χ1v) is 9.24. The number of aliphatic imine (C=N–C) groups is 1. The first-order chi connectivity index (χ1) is 11.8. The minimum atomic E-state index is 0.482. The van der Waals surface area contributed by atoms with Crippen molar-refractivity contribution in [2.45, 2.75) is 39.0 Å². The van der Waals surface area contributed by atoms with Crippen molar-refractivity contribution in [3.63, 3.8) is 0 Å². The van der Waals surface area contributed by atoms with Gasteiger partial charge in [0.25, 0.3) is 0 Å². The minimum absolute atomic E-state index is 0.482. The Kier molecular flexibility index (Phi) is 5.53. The number of guanidine groups is 1. The third kappa shape index (κ3) is 3.79. The summed E-state index contributed by atoms with van der Waals surface area (Å²) >= 11 is 0. The van der Waals surface area contributed by atoms with E-state index in [1.165, 1.54) is 32.1 Å². The van der Waals surface area contributed by atoms with Crippen molar-refractivity contribution >= 4 is 11.9 Å². The van der Waals surface area contributed by atoms with E-state index in [1.807, 2.05) is 13.1 Å². The van der Waals surface area contributed by atoms with Crippen molar-refractivity contribution < 1.29 is 0 Å². The van der Waals surface area contributed by atoms with Crippen LogP contribution in [0, 0.1) is 5.41 Å². The number of hydrogen-bond donors (Lipinski definition) is 1. The maximum absolute atomic E-state index is 4.52. The monoisotopic (exact) mass is 330 g/mol. The van der Waals surface area contributed by atoms with Crippen molar-refractivity contribution in [3.05, 3.63) is 18.5 Å². The largest absolute Gasteiger partial charge is 0.356 e. The number of hydrogen-bond acceptors (Lipinski definition) is 4. The van der Waals surface area contributed by atoms with Gasteiger partial charge in [0.2, 0.25) is 5.95 Å². The highest BCUT2D eigenvalue weighted by Crippen LogP contribution is 2.40. The van der Waals surface area contributed by atoms with E-state index in [-0.39, 0.29) is 0 Å². The van der Waals surface area contributed by atoms with Gasteiger partial charge >= 0.3 is 0 Å². The number of rotatable bonds is 4. The number of nitrogens with one attached hydrogen (secondary N) is 1. The Labute approximate surface area is 145 Å². The molecule has 1 N–H and O–H groups in total. The zero-order valence-electron chi connectivity index (χ0n) is 15.0. The Morgan fingerprint density at radius 1 is 1.17 bits per heavy atom. The van der Waals surface area contributed by atoms with E-state index < -0.39 is 0 Å². The fourth-order valence-corrected chi connectivity index (χ4v) is 3.95. The van der Waals surface area contributed by atoms with E-state index in [0.29, 0.717) is 5.41 Å². The van der Waals surface area contributed by atoms with E-state index in [4.69, 9.17) is 0 Å². The standard InChI is InChI=1S/C18H30N6/c1-3-18(7-4-5-8-18)15-22-16(19-2)23-11-13-24(14-12-23)17-20-9-6-10-21-17/h6,9-10H,3-5,7-8,11-15H2,1-2H3,(H,19,22). The lowest BCUT2D eigenvalue weighted by atomic mass is 9.83. The maximum atomic E-state index is 4.52. The number of aromatic nitrogens is 2. The van der Waals surface area contributed by atoms with E-state index in [2.05, 4.69) is 37.0 Å². The Bertz CT molecular complexity index is 530. The van der Waals surface area contributed by atoms with Gasteiger partial charge in [-0.25, -0.2) is 9.97 Å². The predicted octanol–water partition coefficient (Wildman–Crippen LogP) is 2.14. The van der Waals surface area contributed by atoms with Gasteiger partial charge in [0, 0.05) is 52.2 Å². The molecule has 0 unspecified atom stereocenters. The molecule has 6 heteroatoms. The molecule has 2 heterocycles. The fourth-order valence-electron chi connectivity index (χ4n) is 3.95. The molecule has 2 fully saturated rings. The van der Waals surface area contributed by atoms with Crippen LogP contribution >= 0.6 is 0 Å². The lowest BCUT2D eigenvalue weighted by Gasteiger charge is -2.37. The Morgan fingerprint density at radius 2 is 1.83 bits per heavy atom. The van der Waals surface area contributed by atoms with E-state index in [1.54, 1.807) is 12.4 Å². The molecular weight excluding hydrogens is 300 g/mol. The molecule has 3 rings (SSSR count). The molecule has 0 amide bonds. The minimum Gasteiger partial charge on any atom is -0.356 e. The van der Waals surface area contributed by atoms with E-state index >= 15 is 0 Å². The van der Waals surface area contributed by atoms with Crippen LogP contribution < -0.4 is 10.2 Å². The highest BCUT2D eigenvalue weighted by Gasteiger charge is 2.32. The Morgan fingerprint density at radius 3 is 2.42 bits per heavy atom. The van der Waals surface area contributed by atoms with Crippen molar-refractivity contribution in [1.82, 2.24) is 20.2 Å². The van der Waals surface area contributed by atoms with Crippen LogP contribution in [-0.2, 0) is 0 Å². The van der Waals surface area contributed by atoms with Crippen LogP contribution in [0.5, 0.6) is 0 Å². The van der Waals surface area contributed by atoms with Crippen LogP contribution in [0.1, 0.15) is 39.0 Å². The molecule has 1 saturated carbocycles. The van der Waals surface area contributed by atoms with Crippen molar-refractivity contribution in [3.8, 4) is 0 Å². The van der Waals surface area contributed by atoms with Crippen LogP contribution in [0.3, 0.4) is 0 Å². The predicted molar refractivity (Wildman–Crippen MR) is 98.4 cm³/mol. The highest BCUT2D eigenvalue weighted by atomic mass is 15.4. The van der Waals surface area contributed by atoms with Gasteiger partial charge in [0.15, 0.2) is 5.96 Å². The second-order valence-electron chi connectivity index (χ2n) is 6.98. The smallest absolute Gasteiger partial charge is 0.225 e. The van der Waals surface area contributed by atoms with Gasteiger partial charge in [-0.3, -0.25) is 4.99 Å². The average molecular weight is 330 g/mol. The lowest BCUT2D eigenvalue weighted by molar-refractivity contribution is 0.275. The Hall–Kier alpha value is -1.85. The Balaban J connectivity index is 1.52. The van der Waals surface area contributed by atoms with E-state index in [0.717, 1.165) is 44.6 Å². The number of nitrogens with zero attached hydrogens (tertiary/aromatic N) is 5. The first kappa shape index (κ1) is 17.0. The van der Waals surface area contributed by atoms with Crippen LogP contribution in [0.25, 0.3) is 0 Å². The van der Waals surface area contributed by atoms with Gasteiger partial charge in [-0.05, 0) is 30.7 Å². The third-order valence-electron chi connectivity index (χ3n) is 5.66. The van der Waals surface area contributed by atoms with Crippen LogP contribution in [0.4, 0.5) is 5.95 Å². The van der Waals surface area contributed by atoms with Gasteiger partial charge in [-0.2, -0.15) is 0 Å². The summed E-state index contributed by atoms with van der Waals surface area (Å²) < 4.78 is 0. The molecule has 132 valence electrons. The molecule has 2 aliphatic rings. The number of anilines is 1. The molecule has 24 heavy (non-hydrogen) atoms. The third-order valence-corrected chi connectivity index (χ3v) is 5.66. The van der Waals surface area contributed by atoms with Crippen molar-refractivity contribution in [2.75, 3.05) is 44.7 Å². The van der Waals surface area contributed by atoms with Gasteiger partial charge in [0.1, 0.15) is 0 Å². The maximum Gasteiger partial charge on any atom is 0.225 e. The molecule has 0 spiro atoms. The van der Waals surface area contributed by atoms with Gasteiger partial charge in [-0.15, -0.1) is 0 Å². The second kappa shape index (κ2) is 7.81. The molecule has 0 atom stereocenters. The molecule has 0 aromatic carbocycles. The summed E-state index contributed by atoms with van der Waals surface area (Å²) in [5.74, 6) is 1.87. The first-order valence-electron chi connectivity index (χ1n) is 9.24. The van der Waals surface area contributed by atoms with Gasteiger partial charge < -0.3 is 15.1 Å². The molecule has 0 radical (unpaired) electrons. The van der Waals surface area contributed by atoms with Crippen molar-refractivity contribution in [2.24, 2.45) is 10.4 Å². The SMILES string of the molecule is CCC1(CNC(=NC)N2CCN(c3ncccn3)CC2)CCCC1. The summed E-state index contributed by atoms with van der Waals surface area (Å²) in [4.78, 5) is 17.8. The summed E-state index contributed by atoms with van der Waals surface area (Å²) in [7, 11) is 1.89. The van der Waals surface area contributed by atoms with Gasteiger partial charge in [-0.1, -0.05) is 19.8 Å². The lowest BCUT2D eigenvalue weighted by Crippen LogP contribution is -2.54. The summed E-state index contributed by atoms with van der Waals surface area (Å²) in [5.41, 5.74) is 0.482. The molecule has 1 aromatic rings. The quantitative estimate of drug-likeness (QED) is 0.677. The van der Waals surface area contributed by atoms with Crippen LogP contribution in [0.2, 0.25) is 0 Å². The second-order valence-corrected chi connectivity index (χ2v) is 6.98. The summed E-state index contributed by atoms with van der Waals surface area (Å²) in [6.07, 6.45) is 10.3. The van der Waals surface area contributed by atoms with Crippen LogP contribution in [0.15, 0.2) is 23.5 Å².